The molecule has 0 atom stereocenters. The van der Waals surface area contributed by atoms with E-state index in [1.165, 1.54) is 4.90 Å². The minimum atomic E-state index is -0.225. The number of hydrogen-bond acceptors (Lipinski definition) is 2. The van der Waals surface area contributed by atoms with Gasteiger partial charge in [-0.3, -0.25) is 14.5 Å². The first-order valence-electron chi connectivity index (χ1n) is 7.47. The molecule has 0 radical (unpaired) electrons. The molecule has 0 aromatic heterocycles. The van der Waals surface area contributed by atoms with E-state index < -0.39 is 0 Å². The summed E-state index contributed by atoms with van der Waals surface area (Å²) in [5.74, 6) is -0.314. The van der Waals surface area contributed by atoms with Crippen molar-refractivity contribution in [2.75, 3.05) is 16.3 Å². The first-order chi connectivity index (χ1) is 11.0. The van der Waals surface area contributed by atoms with Crippen LogP contribution in [-0.4, -0.2) is 24.4 Å². The molecule has 0 spiro atoms. The van der Waals surface area contributed by atoms with Gasteiger partial charge in [0.2, 0.25) is 5.91 Å². The molecule has 0 unspecified atom stereocenters. The highest BCUT2D eigenvalue weighted by Gasteiger charge is 2.33. The average molecular weight is 329 g/mol. The summed E-state index contributed by atoms with van der Waals surface area (Å²) in [4.78, 5) is 28.6. The fraction of sp³-hybridized carbons (Fsp3) is 0.222. The molecule has 2 aromatic carbocycles. The number of para-hydroxylation sites is 2. The van der Waals surface area contributed by atoms with Crippen molar-refractivity contribution in [2.45, 2.75) is 19.9 Å². The van der Waals surface area contributed by atoms with E-state index in [0.29, 0.717) is 10.6 Å². The Bertz CT molecular complexity index is 773. The molecule has 0 saturated carbocycles. The first-order valence-corrected chi connectivity index (χ1v) is 7.85. The summed E-state index contributed by atoms with van der Waals surface area (Å²) >= 11 is 5.98. The lowest BCUT2D eigenvalue weighted by Crippen LogP contribution is -2.50. The first kappa shape index (κ1) is 15.6. The van der Waals surface area contributed by atoms with Crippen LogP contribution >= 0.6 is 11.6 Å². The van der Waals surface area contributed by atoms with Crippen molar-refractivity contribution in [3.05, 3.63) is 59.1 Å². The lowest BCUT2D eigenvalue weighted by Gasteiger charge is -2.38. The quantitative estimate of drug-likeness (QED) is 0.842. The van der Waals surface area contributed by atoms with Crippen molar-refractivity contribution in [2.24, 2.45) is 0 Å². The zero-order valence-corrected chi connectivity index (χ0v) is 13.7. The Morgan fingerprint density at radius 1 is 1.09 bits per heavy atom. The molecule has 3 rings (SSSR count). The number of carbonyl (C=O) groups is 2. The molecule has 0 N–H and O–H groups in total. The molecule has 0 bridgehead atoms. The fourth-order valence-corrected chi connectivity index (χ4v) is 3.04. The van der Waals surface area contributed by atoms with Crippen LogP contribution in [0.15, 0.2) is 48.5 Å². The molecular weight excluding hydrogens is 312 g/mol. The van der Waals surface area contributed by atoms with Crippen LogP contribution in [0.25, 0.3) is 0 Å². The van der Waals surface area contributed by atoms with Gasteiger partial charge in [-0.2, -0.15) is 0 Å². The van der Waals surface area contributed by atoms with Crippen LogP contribution in [0.4, 0.5) is 11.4 Å². The third-order valence-corrected chi connectivity index (χ3v) is 4.06. The van der Waals surface area contributed by atoms with Crippen LogP contribution in [0.5, 0.6) is 0 Å². The maximum Gasteiger partial charge on any atom is 0.258 e. The van der Waals surface area contributed by atoms with Gasteiger partial charge in [0, 0.05) is 16.6 Å². The van der Waals surface area contributed by atoms with Gasteiger partial charge in [0.25, 0.3) is 5.91 Å². The van der Waals surface area contributed by atoms with Gasteiger partial charge in [-0.1, -0.05) is 29.8 Å². The SMILES string of the molecule is CC(C)N1C(=O)CN(C(=O)c2cccc(Cl)c2)c2ccccc21. The molecule has 1 aliphatic rings. The number of amides is 2. The van der Waals surface area contributed by atoms with Crippen molar-refractivity contribution < 1.29 is 9.59 Å². The molecule has 1 heterocycles. The second kappa shape index (κ2) is 6.05. The number of benzene rings is 2. The highest BCUT2D eigenvalue weighted by atomic mass is 35.5. The Kier molecular flexibility index (Phi) is 4.09. The highest BCUT2D eigenvalue weighted by Crippen LogP contribution is 2.35. The molecule has 2 amide bonds. The summed E-state index contributed by atoms with van der Waals surface area (Å²) in [6, 6.07) is 14.3. The van der Waals surface area contributed by atoms with Gasteiger partial charge in [0.05, 0.1) is 11.4 Å². The number of rotatable bonds is 2. The Balaban J connectivity index is 2.05. The van der Waals surface area contributed by atoms with Crippen LogP contribution in [-0.2, 0) is 4.79 Å². The smallest absolute Gasteiger partial charge is 0.258 e. The minimum absolute atomic E-state index is 0.0283. The van der Waals surface area contributed by atoms with Crippen LogP contribution in [0.1, 0.15) is 24.2 Å². The molecular formula is C18H17ClN2O2. The maximum atomic E-state index is 12.8. The monoisotopic (exact) mass is 328 g/mol. The minimum Gasteiger partial charge on any atom is -0.306 e. The van der Waals surface area contributed by atoms with E-state index in [0.717, 1.165) is 11.4 Å². The Labute approximate surface area is 140 Å². The Hall–Kier alpha value is -2.33. The number of carbonyl (C=O) groups excluding carboxylic acids is 2. The summed E-state index contributed by atoms with van der Waals surface area (Å²) < 4.78 is 0. The molecule has 5 heteroatoms. The van der Waals surface area contributed by atoms with Gasteiger partial charge in [0.1, 0.15) is 6.54 Å². The zero-order chi connectivity index (χ0) is 16.6. The van der Waals surface area contributed by atoms with E-state index >= 15 is 0 Å². The van der Waals surface area contributed by atoms with Gasteiger partial charge in [-0.25, -0.2) is 0 Å². The lowest BCUT2D eigenvalue weighted by molar-refractivity contribution is -0.117. The van der Waals surface area contributed by atoms with Crippen molar-refractivity contribution in [1.29, 1.82) is 0 Å². The molecule has 23 heavy (non-hydrogen) atoms. The lowest BCUT2D eigenvalue weighted by atomic mass is 10.1. The third-order valence-electron chi connectivity index (χ3n) is 3.83. The number of anilines is 2. The molecule has 1 aliphatic heterocycles. The van der Waals surface area contributed by atoms with Crippen molar-refractivity contribution >= 4 is 34.8 Å². The number of halogens is 1. The number of fused-ring (bicyclic) bond motifs is 1. The molecule has 118 valence electrons. The maximum absolute atomic E-state index is 12.8. The number of hydrogen-bond donors (Lipinski definition) is 0. The summed E-state index contributed by atoms with van der Waals surface area (Å²) in [5.41, 5.74) is 1.97. The van der Waals surface area contributed by atoms with Gasteiger partial charge in [-0.05, 0) is 44.2 Å². The van der Waals surface area contributed by atoms with Crippen molar-refractivity contribution in [3.63, 3.8) is 0 Å². The van der Waals surface area contributed by atoms with E-state index in [1.54, 1.807) is 29.2 Å². The zero-order valence-electron chi connectivity index (χ0n) is 13.0. The summed E-state index contributed by atoms with van der Waals surface area (Å²) in [7, 11) is 0. The summed E-state index contributed by atoms with van der Waals surface area (Å²) in [5, 5.41) is 0.497. The molecule has 0 saturated heterocycles. The molecule has 0 aliphatic carbocycles. The third kappa shape index (κ3) is 2.82. The Morgan fingerprint density at radius 2 is 1.78 bits per heavy atom. The van der Waals surface area contributed by atoms with Gasteiger partial charge in [-0.15, -0.1) is 0 Å². The topological polar surface area (TPSA) is 40.6 Å². The second-order valence-electron chi connectivity index (χ2n) is 5.75. The molecule has 2 aromatic rings. The average Bonchev–Trinajstić information content (AvgIpc) is 2.53. The molecule has 0 fully saturated rings. The molecule has 4 nitrogen and oxygen atoms in total. The van der Waals surface area contributed by atoms with E-state index in [2.05, 4.69) is 0 Å². The van der Waals surface area contributed by atoms with Crippen LogP contribution in [0.2, 0.25) is 5.02 Å². The predicted molar refractivity (Wildman–Crippen MR) is 92.2 cm³/mol. The van der Waals surface area contributed by atoms with Gasteiger partial charge in [0.15, 0.2) is 0 Å². The fourth-order valence-electron chi connectivity index (χ4n) is 2.85. The van der Waals surface area contributed by atoms with Gasteiger partial charge < -0.3 is 4.90 Å². The highest BCUT2D eigenvalue weighted by molar-refractivity contribution is 6.31. The van der Waals surface area contributed by atoms with Crippen LogP contribution in [0, 0.1) is 0 Å². The van der Waals surface area contributed by atoms with E-state index in [4.69, 9.17) is 11.6 Å². The Morgan fingerprint density at radius 3 is 2.43 bits per heavy atom. The second-order valence-corrected chi connectivity index (χ2v) is 6.18. The van der Waals surface area contributed by atoms with Crippen molar-refractivity contribution in [3.8, 4) is 0 Å². The standard InChI is InChI=1S/C18H17ClN2O2/c1-12(2)21-16-9-4-3-8-15(16)20(11-17(21)22)18(23)13-6-5-7-14(19)10-13/h3-10,12H,11H2,1-2H3. The number of nitrogens with zero attached hydrogens (tertiary/aromatic N) is 2. The van der Waals surface area contributed by atoms with Crippen molar-refractivity contribution in [1.82, 2.24) is 0 Å². The van der Waals surface area contributed by atoms with Gasteiger partial charge >= 0.3 is 0 Å². The van der Waals surface area contributed by atoms with Crippen LogP contribution < -0.4 is 9.80 Å². The summed E-state index contributed by atoms with van der Waals surface area (Å²) in [6.07, 6.45) is 0. The summed E-state index contributed by atoms with van der Waals surface area (Å²) in [6.45, 7) is 3.95. The normalized spacial score (nSPS) is 14.2. The van der Waals surface area contributed by atoms with E-state index in [1.807, 2.05) is 38.1 Å². The largest absolute Gasteiger partial charge is 0.306 e. The van der Waals surface area contributed by atoms with E-state index in [-0.39, 0.29) is 24.4 Å². The predicted octanol–water partition coefficient (Wildman–Crippen LogP) is 3.74. The van der Waals surface area contributed by atoms with Crippen LogP contribution in [0.3, 0.4) is 0 Å². The van der Waals surface area contributed by atoms with E-state index in [9.17, 15) is 9.59 Å².